The van der Waals surface area contributed by atoms with Gasteiger partial charge in [0.2, 0.25) is 11.8 Å². The Balaban J connectivity index is 1.84. The summed E-state index contributed by atoms with van der Waals surface area (Å²) < 4.78 is 5.20. The third-order valence-corrected chi connectivity index (χ3v) is 4.45. The van der Waals surface area contributed by atoms with E-state index >= 15 is 0 Å². The maximum Gasteiger partial charge on any atom is 0.271 e. The Labute approximate surface area is 161 Å². The molecule has 2 aromatic carbocycles. The molecule has 1 heterocycles. The number of nitro groups is 1. The van der Waals surface area contributed by atoms with E-state index in [0.717, 1.165) is 0 Å². The standard InChI is InChI=1S/C19H20N4O5/c1-12-9-18(24)21-14-5-3-4-6-16(14)22(12)19(25)11-20-15-10-13(23(26)27)7-8-17(15)28-2/h3-8,10,12,20H,9,11H2,1-2H3,(H,21,24)/t12-/m0/s1. The Morgan fingerprint density at radius 1 is 1.36 bits per heavy atom. The van der Waals surface area contributed by atoms with Gasteiger partial charge in [0.05, 0.1) is 35.6 Å². The third kappa shape index (κ3) is 3.88. The summed E-state index contributed by atoms with van der Waals surface area (Å²) in [5.74, 6) is -0.0480. The minimum Gasteiger partial charge on any atom is -0.495 e. The first-order chi connectivity index (χ1) is 13.4. The predicted octanol–water partition coefficient (Wildman–Crippen LogP) is 2.78. The van der Waals surface area contributed by atoms with Crippen LogP contribution in [0.4, 0.5) is 22.7 Å². The minimum absolute atomic E-state index is 0.112. The summed E-state index contributed by atoms with van der Waals surface area (Å²) in [6.07, 6.45) is 0.167. The minimum atomic E-state index is -0.517. The number of anilines is 3. The van der Waals surface area contributed by atoms with Gasteiger partial charge in [-0.15, -0.1) is 0 Å². The number of rotatable bonds is 5. The number of fused-ring (bicyclic) bond motifs is 1. The second-order valence-corrected chi connectivity index (χ2v) is 6.38. The summed E-state index contributed by atoms with van der Waals surface area (Å²) in [6, 6.07) is 10.9. The zero-order valence-corrected chi connectivity index (χ0v) is 15.5. The highest BCUT2D eigenvalue weighted by Crippen LogP contribution is 2.32. The molecule has 9 nitrogen and oxygen atoms in total. The van der Waals surface area contributed by atoms with Crippen molar-refractivity contribution in [1.82, 2.24) is 0 Å². The van der Waals surface area contributed by atoms with Crippen LogP contribution in [0.2, 0.25) is 0 Å². The first-order valence-electron chi connectivity index (χ1n) is 8.68. The predicted molar refractivity (Wildman–Crippen MR) is 105 cm³/mol. The molecule has 2 aromatic rings. The SMILES string of the molecule is COc1ccc([N+](=O)[O-])cc1NCC(=O)N1c2ccccc2NC(=O)C[C@@H]1C. The molecule has 0 fully saturated rings. The molecular formula is C19H20N4O5. The average Bonchev–Trinajstić information content (AvgIpc) is 2.79. The number of benzene rings is 2. The van der Waals surface area contributed by atoms with Gasteiger partial charge in [-0.25, -0.2) is 0 Å². The molecule has 0 saturated carbocycles. The van der Waals surface area contributed by atoms with Crippen molar-refractivity contribution in [2.75, 3.05) is 29.2 Å². The van der Waals surface area contributed by atoms with Gasteiger partial charge in [-0.05, 0) is 25.1 Å². The molecule has 0 spiro atoms. The van der Waals surface area contributed by atoms with E-state index in [-0.39, 0.29) is 36.5 Å². The van der Waals surface area contributed by atoms with Crippen molar-refractivity contribution in [3.05, 3.63) is 52.6 Å². The van der Waals surface area contributed by atoms with Crippen LogP contribution in [0.15, 0.2) is 42.5 Å². The Bertz CT molecular complexity index is 930. The molecule has 0 radical (unpaired) electrons. The van der Waals surface area contributed by atoms with Crippen LogP contribution in [0.1, 0.15) is 13.3 Å². The Morgan fingerprint density at radius 2 is 2.11 bits per heavy atom. The van der Waals surface area contributed by atoms with E-state index in [4.69, 9.17) is 4.74 Å². The lowest BCUT2D eigenvalue weighted by Gasteiger charge is -2.28. The van der Waals surface area contributed by atoms with E-state index in [1.165, 1.54) is 25.3 Å². The van der Waals surface area contributed by atoms with Crippen LogP contribution < -0.4 is 20.3 Å². The number of hydrogen-bond acceptors (Lipinski definition) is 6. The first-order valence-corrected chi connectivity index (χ1v) is 8.68. The van der Waals surface area contributed by atoms with Gasteiger partial charge in [-0.2, -0.15) is 0 Å². The number of hydrogen-bond donors (Lipinski definition) is 2. The van der Waals surface area contributed by atoms with E-state index in [9.17, 15) is 19.7 Å². The van der Waals surface area contributed by atoms with Gasteiger partial charge in [0.1, 0.15) is 5.75 Å². The van der Waals surface area contributed by atoms with Gasteiger partial charge < -0.3 is 20.3 Å². The summed E-state index contributed by atoms with van der Waals surface area (Å²) in [6.45, 7) is 1.68. The van der Waals surface area contributed by atoms with Crippen molar-refractivity contribution in [2.45, 2.75) is 19.4 Å². The second kappa shape index (κ2) is 7.95. The lowest BCUT2D eigenvalue weighted by atomic mass is 10.1. The molecule has 0 aromatic heterocycles. The zero-order chi connectivity index (χ0) is 20.3. The zero-order valence-electron chi connectivity index (χ0n) is 15.5. The molecule has 1 atom stereocenters. The van der Waals surface area contributed by atoms with Crippen molar-refractivity contribution < 1.29 is 19.2 Å². The molecule has 146 valence electrons. The van der Waals surface area contributed by atoms with Crippen LogP contribution in [-0.2, 0) is 9.59 Å². The second-order valence-electron chi connectivity index (χ2n) is 6.38. The molecule has 0 unspecified atom stereocenters. The smallest absolute Gasteiger partial charge is 0.271 e. The molecule has 28 heavy (non-hydrogen) atoms. The average molecular weight is 384 g/mol. The van der Waals surface area contributed by atoms with Crippen molar-refractivity contribution >= 4 is 34.6 Å². The molecule has 0 aliphatic carbocycles. The van der Waals surface area contributed by atoms with Crippen LogP contribution in [0, 0.1) is 10.1 Å². The number of nitro benzene ring substituents is 1. The highest BCUT2D eigenvalue weighted by Gasteiger charge is 2.29. The number of non-ortho nitro benzene ring substituents is 1. The Kier molecular flexibility index (Phi) is 5.44. The molecule has 3 rings (SSSR count). The molecular weight excluding hydrogens is 364 g/mol. The highest BCUT2D eigenvalue weighted by atomic mass is 16.6. The summed E-state index contributed by atoms with van der Waals surface area (Å²) in [5, 5.41) is 16.7. The third-order valence-electron chi connectivity index (χ3n) is 4.45. The maximum absolute atomic E-state index is 13.0. The summed E-state index contributed by atoms with van der Waals surface area (Å²) >= 11 is 0. The van der Waals surface area contributed by atoms with Gasteiger partial charge in [0, 0.05) is 24.6 Å². The van der Waals surface area contributed by atoms with Crippen molar-refractivity contribution in [1.29, 1.82) is 0 Å². The fraction of sp³-hybridized carbons (Fsp3) is 0.263. The van der Waals surface area contributed by atoms with Gasteiger partial charge in [-0.1, -0.05) is 12.1 Å². The molecule has 0 saturated heterocycles. The number of nitrogens with one attached hydrogen (secondary N) is 2. The van der Waals surface area contributed by atoms with E-state index in [2.05, 4.69) is 10.6 Å². The Hall–Kier alpha value is -3.62. The number of carbonyl (C=O) groups is 2. The largest absolute Gasteiger partial charge is 0.495 e. The van der Waals surface area contributed by atoms with Crippen molar-refractivity contribution in [2.24, 2.45) is 0 Å². The number of methoxy groups -OCH3 is 1. The van der Waals surface area contributed by atoms with E-state index in [1.54, 1.807) is 36.1 Å². The van der Waals surface area contributed by atoms with Crippen LogP contribution >= 0.6 is 0 Å². The van der Waals surface area contributed by atoms with E-state index < -0.39 is 4.92 Å². The van der Waals surface area contributed by atoms with Crippen LogP contribution in [0.25, 0.3) is 0 Å². The van der Waals surface area contributed by atoms with Gasteiger partial charge in [-0.3, -0.25) is 19.7 Å². The number of ether oxygens (including phenoxy) is 1. The molecule has 2 amide bonds. The van der Waals surface area contributed by atoms with Crippen molar-refractivity contribution in [3.8, 4) is 5.75 Å². The van der Waals surface area contributed by atoms with E-state index in [0.29, 0.717) is 22.8 Å². The monoisotopic (exact) mass is 384 g/mol. The van der Waals surface area contributed by atoms with E-state index in [1.807, 2.05) is 0 Å². The Morgan fingerprint density at radius 3 is 2.82 bits per heavy atom. The fourth-order valence-corrected chi connectivity index (χ4v) is 3.17. The highest BCUT2D eigenvalue weighted by molar-refractivity contribution is 6.05. The maximum atomic E-state index is 13.0. The molecule has 1 aliphatic rings. The number of amides is 2. The molecule has 1 aliphatic heterocycles. The normalized spacial score (nSPS) is 15.9. The van der Waals surface area contributed by atoms with Gasteiger partial charge in [0.15, 0.2) is 0 Å². The number of carbonyl (C=O) groups excluding carboxylic acids is 2. The van der Waals surface area contributed by atoms with Crippen LogP contribution in [0.3, 0.4) is 0 Å². The molecule has 0 bridgehead atoms. The van der Waals surface area contributed by atoms with Gasteiger partial charge >= 0.3 is 0 Å². The number of para-hydroxylation sites is 2. The van der Waals surface area contributed by atoms with Crippen LogP contribution in [-0.4, -0.2) is 36.4 Å². The first kappa shape index (κ1) is 19.2. The molecule has 2 N–H and O–H groups in total. The van der Waals surface area contributed by atoms with Crippen LogP contribution in [0.5, 0.6) is 5.75 Å². The quantitative estimate of drug-likeness (QED) is 0.605. The van der Waals surface area contributed by atoms with Crippen molar-refractivity contribution in [3.63, 3.8) is 0 Å². The summed E-state index contributed by atoms with van der Waals surface area (Å²) in [4.78, 5) is 37.1. The number of nitrogens with zero attached hydrogens (tertiary/aromatic N) is 2. The van der Waals surface area contributed by atoms with Gasteiger partial charge in [0.25, 0.3) is 5.69 Å². The molecule has 9 heteroatoms. The summed E-state index contributed by atoms with van der Waals surface area (Å²) in [7, 11) is 1.44. The fourth-order valence-electron chi connectivity index (χ4n) is 3.17. The lowest BCUT2D eigenvalue weighted by molar-refractivity contribution is -0.384. The topological polar surface area (TPSA) is 114 Å². The lowest BCUT2D eigenvalue weighted by Crippen LogP contribution is -2.42. The summed E-state index contributed by atoms with van der Waals surface area (Å²) in [5.41, 5.74) is 1.41.